The first-order valence-electron chi connectivity index (χ1n) is 11.1. The number of rotatable bonds is 10. The average molecular weight is 377 g/mol. The predicted octanol–water partition coefficient (Wildman–Crippen LogP) is 5.90. The number of nitrogens with zero attached hydrogens (tertiary/aromatic N) is 1. The van der Waals surface area contributed by atoms with Crippen LogP contribution in [0.15, 0.2) is 66.2 Å². The second-order valence-corrected chi connectivity index (χ2v) is 8.09. The molecule has 0 saturated carbocycles. The Morgan fingerprint density at radius 3 is 2.32 bits per heavy atom. The van der Waals surface area contributed by atoms with Gasteiger partial charge in [-0.25, -0.2) is 0 Å². The summed E-state index contributed by atoms with van der Waals surface area (Å²) >= 11 is 0. The highest BCUT2D eigenvalue weighted by Crippen LogP contribution is 2.17. The Kier molecular flexibility index (Phi) is 8.80. The van der Waals surface area contributed by atoms with Crippen LogP contribution >= 0.6 is 0 Å². The van der Waals surface area contributed by atoms with Crippen molar-refractivity contribution in [3.05, 3.63) is 77.4 Å². The van der Waals surface area contributed by atoms with Gasteiger partial charge in [0, 0.05) is 19.1 Å². The highest BCUT2D eigenvalue weighted by atomic mass is 15.1. The van der Waals surface area contributed by atoms with Gasteiger partial charge in [-0.15, -0.1) is 0 Å². The average Bonchev–Trinajstić information content (AvgIpc) is 2.74. The van der Waals surface area contributed by atoms with Crippen LogP contribution in [0.3, 0.4) is 0 Å². The summed E-state index contributed by atoms with van der Waals surface area (Å²) in [4.78, 5) is 2.59. The van der Waals surface area contributed by atoms with Crippen molar-refractivity contribution in [3.63, 3.8) is 0 Å². The largest absolute Gasteiger partial charge is 0.310 e. The van der Waals surface area contributed by atoms with Crippen molar-refractivity contribution in [2.24, 2.45) is 0 Å². The second-order valence-electron chi connectivity index (χ2n) is 8.09. The third-order valence-corrected chi connectivity index (χ3v) is 5.73. The van der Waals surface area contributed by atoms with E-state index in [0.29, 0.717) is 6.04 Å². The highest BCUT2D eigenvalue weighted by molar-refractivity contribution is 5.53. The molecule has 28 heavy (non-hydrogen) atoms. The lowest BCUT2D eigenvalue weighted by molar-refractivity contribution is 0.192. The van der Waals surface area contributed by atoms with Gasteiger partial charge in [-0.3, -0.25) is 4.90 Å². The fourth-order valence-corrected chi connectivity index (χ4v) is 4.01. The van der Waals surface area contributed by atoms with Crippen molar-refractivity contribution in [1.82, 2.24) is 10.2 Å². The van der Waals surface area contributed by atoms with Crippen LogP contribution in [0.5, 0.6) is 0 Å². The van der Waals surface area contributed by atoms with Crippen LogP contribution < -0.4 is 5.32 Å². The normalized spacial score (nSPS) is 16.4. The topological polar surface area (TPSA) is 15.3 Å². The monoisotopic (exact) mass is 376 g/mol. The molecule has 1 aliphatic rings. The third kappa shape index (κ3) is 7.26. The lowest BCUT2D eigenvalue weighted by Gasteiger charge is -2.32. The first-order valence-corrected chi connectivity index (χ1v) is 11.1. The van der Waals surface area contributed by atoms with Gasteiger partial charge in [0.15, 0.2) is 0 Å². The number of piperidine rings is 1. The smallest absolute Gasteiger partial charge is 0.0233 e. The number of hydrogen-bond acceptors (Lipinski definition) is 2. The summed E-state index contributed by atoms with van der Waals surface area (Å²) in [7, 11) is 0. The molecule has 2 nitrogen and oxygen atoms in total. The standard InChI is InChI=1S/C26H36N2/c1-2-3-6-15-25(20-23-11-7-4-8-12-23)21-27-26-16-18-28(19-17-26)22-24-13-9-5-10-14-24/h4-5,7-14,20,26-27H,2-3,6,15-19,21-22H2,1H3. The summed E-state index contributed by atoms with van der Waals surface area (Å²) in [6.07, 6.45) is 10.0. The Bertz CT molecular complexity index is 685. The zero-order valence-electron chi connectivity index (χ0n) is 17.4. The van der Waals surface area contributed by atoms with Gasteiger partial charge >= 0.3 is 0 Å². The molecule has 150 valence electrons. The van der Waals surface area contributed by atoms with Gasteiger partial charge in [-0.2, -0.15) is 0 Å². The summed E-state index contributed by atoms with van der Waals surface area (Å²) < 4.78 is 0. The van der Waals surface area contributed by atoms with E-state index in [4.69, 9.17) is 0 Å². The van der Waals surface area contributed by atoms with Crippen LogP contribution in [-0.2, 0) is 6.54 Å². The molecule has 1 fully saturated rings. The Hall–Kier alpha value is -1.90. The maximum absolute atomic E-state index is 3.86. The molecule has 1 N–H and O–H groups in total. The SMILES string of the molecule is CCCCCC(=Cc1ccccc1)CNC1CCN(Cc2ccccc2)CC1. The molecule has 2 aromatic carbocycles. The fourth-order valence-electron chi connectivity index (χ4n) is 4.01. The summed E-state index contributed by atoms with van der Waals surface area (Å²) in [6, 6.07) is 22.3. The molecule has 0 aromatic heterocycles. The molecule has 0 spiro atoms. The summed E-state index contributed by atoms with van der Waals surface area (Å²) in [5.41, 5.74) is 4.30. The first-order chi connectivity index (χ1) is 13.8. The van der Waals surface area contributed by atoms with E-state index in [2.05, 4.69) is 83.9 Å². The number of hydrogen-bond donors (Lipinski definition) is 1. The number of unbranched alkanes of at least 4 members (excludes halogenated alkanes) is 2. The van der Waals surface area contributed by atoms with E-state index < -0.39 is 0 Å². The number of benzene rings is 2. The lowest BCUT2D eigenvalue weighted by atomic mass is 10.0. The minimum Gasteiger partial charge on any atom is -0.310 e. The number of likely N-dealkylation sites (tertiary alicyclic amines) is 1. The maximum Gasteiger partial charge on any atom is 0.0233 e. The van der Waals surface area contributed by atoms with E-state index in [0.717, 1.165) is 13.1 Å². The van der Waals surface area contributed by atoms with Crippen molar-refractivity contribution in [2.45, 2.75) is 58.0 Å². The first kappa shape index (κ1) is 20.8. The molecule has 0 radical (unpaired) electrons. The molecule has 0 atom stereocenters. The Morgan fingerprint density at radius 1 is 0.964 bits per heavy atom. The Labute approximate surface area is 171 Å². The van der Waals surface area contributed by atoms with Crippen LogP contribution in [-0.4, -0.2) is 30.6 Å². The van der Waals surface area contributed by atoms with Crippen LogP contribution in [0.1, 0.15) is 56.6 Å². The minimum absolute atomic E-state index is 0.650. The van der Waals surface area contributed by atoms with Gasteiger partial charge in [0.25, 0.3) is 0 Å². The van der Waals surface area contributed by atoms with Gasteiger partial charge in [0.1, 0.15) is 0 Å². The molecule has 2 aromatic rings. The molecule has 1 aliphatic heterocycles. The van der Waals surface area contributed by atoms with E-state index in [9.17, 15) is 0 Å². The van der Waals surface area contributed by atoms with Gasteiger partial charge in [-0.05, 0) is 49.9 Å². The van der Waals surface area contributed by atoms with Gasteiger partial charge in [-0.1, -0.05) is 92.1 Å². The van der Waals surface area contributed by atoms with Gasteiger partial charge in [0.2, 0.25) is 0 Å². The van der Waals surface area contributed by atoms with Crippen LogP contribution in [0.2, 0.25) is 0 Å². The predicted molar refractivity (Wildman–Crippen MR) is 121 cm³/mol. The van der Waals surface area contributed by atoms with E-state index in [1.165, 1.54) is 62.7 Å². The minimum atomic E-state index is 0.650. The summed E-state index contributed by atoms with van der Waals surface area (Å²) in [6.45, 7) is 6.79. The zero-order valence-corrected chi connectivity index (χ0v) is 17.4. The quantitative estimate of drug-likeness (QED) is 0.519. The van der Waals surface area contributed by atoms with Crippen molar-refractivity contribution >= 4 is 6.08 Å². The second kappa shape index (κ2) is 11.8. The molecular formula is C26H36N2. The van der Waals surface area contributed by atoms with Crippen molar-refractivity contribution in [3.8, 4) is 0 Å². The molecular weight excluding hydrogens is 340 g/mol. The lowest BCUT2D eigenvalue weighted by Crippen LogP contribution is -2.42. The van der Waals surface area contributed by atoms with Gasteiger partial charge < -0.3 is 5.32 Å². The molecule has 0 unspecified atom stereocenters. The molecule has 0 bridgehead atoms. The summed E-state index contributed by atoms with van der Waals surface area (Å²) in [5.74, 6) is 0. The molecule has 1 heterocycles. The van der Waals surface area contributed by atoms with Crippen LogP contribution in [0.4, 0.5) is 0 Å². The molecule has 2 heteroatoms. The molecule has 0 amide bonds. The molecule has 0 aliphatic carbocycles. The zero-order chi connectivity index (χ0) is 19.4. The van der Waals surface area contributed by atoms with Crippen molar-refractivity contribution < 1.29 is 0 Å². The van der Waals surface area contributed by atoms with E-state index >= 15 is 0 Å². The van der Waals surface area contributed by atoms with E-state index in [-0.39, 0.29) is 0 Å². The fraction of sp³-hybridized carbons (Fsp3) is 0.462. The molecule has 3 rings (SSSR count). The highest BCUT2D eigenvalue weighted by Gasteiger charge is 2.18. The molecule has 1 saturated heterocycles. The van der Waals surface area contributed by atoms with Crippen LogP contribution in [0.25, 0.3) is 6.08 Å². The Balaban J connectivity index is 1.46. The van der Waals surface area contributed by atoms with Crippen molar-refractivity contribution in [1.29, 1.82) is 0 Å². The third-order valence-electron chi connectivity index (χ3n) is 5.73. The number of nitrogens with one attached hydrogen (secondary N) is 1. The maximum atomic E-state index is 3.86. The van der Waals surface area contributed by atoms with Crippen molar-refractivity contribution in [2.75, 3.05) is 19.6 Å². The van der Waals surface area contributed by atoms with E-state index in [1.54, 1.807) is 5.57 Å². The Morgan fingerprint density at radius 2 is 1.64 bits per heavy atom. The van der Waals surface area contributed by atoms with E-state index in [1.807, 2.05) is 0 Å². The summed E-state index contributed by atoms with van der Waals surface area (Å²) in [5, 5.41) is 3.86. The van der Waals surface area contributed by atoms with Crippen LogP contribution in [0, 0.1) is 0 Å². The van der Waals surface area contributed by atoms with Gasteiger partial charge in [0.05, 0.1) is 0 Å².